The Kier molecular flexibility index (Phi) is 6.43. The lowest BCUT2D eigenvalue weighted by Crippen LogP contribution is -2.47. The van der Waals surface area contributed by atoms with Crippen molar-refractivity contribution in [3.05, 3.63) is 42.9 Å². The Morgan fingerprint density at radius 2 is 2.00 bits per heavy atom. The van der Waals surface area contributed by atoms with Crippen LogP contribution in [0.3, 0.4) is 0 Å². The number of carboxylic acid groups (broad SMARTS) is 1. The van der Waals surface area contributed by atoms with Crippen molar-refractivity contribution >= 4 is 17.6 Å². The third-order valence-corrected chi connectivity index (χ3v) is 4.71. The SMILES string of the molecule is COc1ccccc1N(CCCN1CCN(c2cnccn2)CC1)C(=O)O. The van der Waals surface area contributed by atoms with Crippen LogP contribution in [0.4, 0.5) is 16.3 Å². The molecule has 1 fully saturated rings. The minimum absolute atomic E-state index is 0.431. The smallest absolute Gasteiger partial charge is 0.411 e. The first-order valence-corrected chi connectivity index (χ1v) is 9.06. The van der Waals surface area contributed by atoms with Crippen molar-refractivity contribution in [2.24, 2.45) is 0 Å². The number of benzene rings is 1. The summed E-state index contributed by atoms with van der Waals surface area (Å²) in [4.78, 5) is 26.1. The van der Waals surface area contributed by atoms with E-state index in [1.165, 1.54) is 4.90 Å². The molecule has 0 spiro atoms. The van der Waals surface area contributed by atoms with Crippen molar-refractivity contribution in [3.63, 3.8) is 0 Å². The van der Waals surface area contributed by atoms with Gasteiger partial charge in [0.1, 0.15) is 11.6 Å². The zero-order valence-electron chi connectivity index (χ0n) is 15.5. The maximum absolute atomic E-state index is 11.7. The molecule has 8 nitrogen and oxygen atoms in total. The molecule has 3 rings (SSSR count). The first-order valence-electron chi connectivity index (χ1n) is 9.06. The lowest BCUT2D eigenvalue weighted by atomic mass is 10.2. The van der Waals surface area contributed by atoms with Gasteiger partial charge in [-0.3, -0.25) is 14.8 Å². The maximum atomic E-state index is 11.7. The van der Waals surface area contributed by atoms with Gasteiger partial charge in [0.05, 0.1) is 19.0 Å². The van der Waals surface area contributed by atoms with E-state index < -0.39 is 6.09 Å². The van der Waals surface area contributed by atoms with Crippen molar-refractivity contribution in [1.82, 2.24) is 14.9 Å². The molecule has 1 aromatic carbocycles. The predicted molar refractivity (Wildman–Crippen MR) is 104 cm³/mol. The molecule has 0 saturated carbocycles. The van der Waals surface area contributed by atoms with E-state index in [0.717, 1.165) is 45.0 Å². The zero-order valence-corrected chi connectivity index (χ0v) is 15.5. The molecule has 1 saturated heterocycles. The van der Waals surface area contributed by atoms with E-state index in [2.05, 4.69) is 19.8 Å². The summed E-state index contributed by atoms with van der Waals surface area (Å²) in [5, 5.41) is 9.58. The van der Waals surface area contributed by atoms with Gasteiger partial charge in [0.25, 0.3) is 0 Å². The van der Waals surface area contributed by atoms with Crippen LogP contribution in [0.15, 0.2) is 42.9 Å². The van der Waals surface area contributed by atoms with Gasteiger partial charge in [0.15, 0.2) is 0 Å². The molecule has 1 amide bonds. The predicted octanol–water partition coefficient (Wildman–Crippen LogP) is 2.18. The Balaban J connectivity index is 1.49. The molecule has 27 heavy (non-hydrogen) atoms. The number of methoxy groups -OCH3 is 1. The molecular formula is C19H25N5O3. The second-order valence-corrected chi connectivity index (χ2v) is 6.35. The number of anilines is 2. The van der Waals surface area contributed by atoms with E-state index in [0.29, 0.717) is 18.0 Å². The minimum atomic E-state index is -0.966. The second kappa shape index (κ2) is 9.18. The Morgan fingerprint density at radius 1 is 1.22 bits per heavy atom. The average Bonchev–Trinajstić information content (AvgIpc) is 2.72. The van der Waals surface area contributed by atoms with Gasteiger partial charge in [-0.15, -0.1) is 0 Å². The normalized spacial score (nSPS) is 14.8. The molecule has 1 aliphatic rings. The number of rotatable bonds is 7. The molecule has 1 aromatic heterocycles. The van der Waals surface area contributed by atoms with Gasteiger partial charge in [-0.1, -0.05) is 12.1 Å². The molecule has 0 aliphatic carbocycles. The van der Waals surface area contributed by atoms with Crippen LogP contribution < -0.4 is 14.5 Å². The Hall–Kier alpha value is -2.87. The monoisotopic (exact) mass is 371 g/mol. The summed E-state index contributed by atoms with van der Waals surface area (Å²) in [7, 11) is 1.55. The fourth-order valence-corrected chi connectivity index (χ4v) is 3.28. The minimum Gasteiger partial charge on any atom is -0.495 e. The summed E-state index contributed by atoms with van der Waals surface area (Å²) < 4.78 is 5.29. The molecule has 2 heterocycles. The highest BCUT2D eigenvalue weighted by Crippen LogP contribution is 2.27. The van der Waals surface area contributed by atoms with Crippen molar-refractivity contribution in [3.8, 4) is 5.75 Å². The number of hydrogen-bond acceptors (Lipinski definition) is 6. The fourth-order valence-electron chi connectivity index (χ4n) is 3.28. The van der Waals surface area contributed by atoms with Gasteiger partial charge in [-0.2, -0.15) is 0 Å². The Labute approximate surface area is 159 Å². The Morgan fingerprint density at radius 3 is 2.67 bits per heavy atom. The summed E-state index contributed by atoms with van der Waals surface area (Å²) in [5.41, 5.74) is 0.583. The molecule has 0 radical (unpaired) electrons. The number of nitrogens with zero attached hydrogens (tertiary/aromatic N) is 5. The van der Waals surface area contributed by atoms with E-state index in [-0.39, 0.29) is 0 Å². The number of aromatic nitrogens is 2. The summed E-state index contributed by atoms with van der Waals surface area (Å²) in [6, 6.07) is 7.20. The molecule has 0 unspecified atom stereocenters. The summed E-state index contributed by atoms with van der Waals surface area (Å²) >= 11 is 0. The summed E-state index contributed by atoms with van der Waals surface area (Å²) in [6.45, 7) is 4.94. The summed E-state index contributed by atoms with van der Waals surface area (Å²) in [6.07, 6.45) is 4.96. The number of hydrogen-bond donors (Lipinski definition) is 1. The quantitative estimate of drug-likeness (QED) is 0.799. The standard InChI is InChI=1S/C19H25N5O3/c1-27-17-6-3-2-5-16(17)24(19(25)26)10-4-9-22-11-13-23(14-12-22)18-15-20-7-8-21-18/h2-3,5-8,15H,4,9-14H2,1H3,(H,25,26). The zero-order chi connectivity index (χ0) is 19.1. The van der Waals surface area contributed by atoms with Gasteiger partial charge < -0.3 is 14.7 Å². The van der Waals surface area contributed by atoms with E-state index in [9.17, 15) is 9.90 Å². The van der Waals surface area contributed by atoms with Crippen LogP contribution >= 0.6 is 0 Å². The molecule has 1 aliphatic heterocycles. The Bertz CT molecular complexity index is 735. The number of amides is 1. The van der Waals surface area contributed by atoms with Crippen LogP contribution in [-0.4, -0.2) is 72.4 Å². The second-order valence-electron chi connectivity index (χ2n) is 6.35. The van der Waals surface area contributed by atoms with E-state index in [1.54, 1.807) is 37.8 Å². The molecule has 144 valence electrons. The van der Waals surface area contributed by atoms with Gasteiger partial charge in [-0.05, 0) is 25.1 Å². The largest absolute Gasteiger partial charge is 0.495 e. The van der Waals surface area contributed by atoms with E-state index in [4.69, 9.17) is 4.74 Å². The number of ether oxygens (including phenoxy) is 1. The highest BCUT2D eigenvalue weighted by molar-refractivity contribution is 5.88. The van der Waals surface area contributed by atoms with Crippen molar-refractivity contribution in [2.45, 2.75) is 6.42 Å². The van der Waals surface area contributed by atoms with Crippen LogP contribution in [0.2, 0.25) is 0 Å². The van der Waals surface area contributed by atoms with E-state index in [1.807, 2.05) is 12.1 Å². The third kappa shape index (κ3) is 4.85. The van der Waals surface area contributed by atoms with Gasteiger partial charge in [0, 0.05) is 45.1 Å². The van der Waals surface area contributed by atoms with Gasteiger partial charge >= 0.3 is 6.09 Å². The first kappa shape index (κ1) is 18.9. The maximum Gasteiger partial charge on any atom is 0.411 e. The van der Waals surface area contributed by atoms with Gasteiger partial charge in [-0.25, -0.2) is 9.78 Å². The highest BCUT2D eigenvalue weighted by Gasteiger charge is 2.20. The number of carbonyl (C=O) groups is 1. The van der Waals surface area contributed by atoms with Crippen LogP contribution in [0.5, 0.6) is 5.75 Å². The lowest BCUT2D eigenvalue weighted by molar-refractivity contribution is 0.200. The number of piperazine rings is 1. The van der Waals surface area contributed by atoms with Crippen LogP contribution in [-0.2, 0) is 0 Å². The highest BCUT2D eigenvalue weighted by atomic mass is 16.5. The fraction of sp³-hybridized carbons (Fsp3) is 0.421. The first-order chi connectivity index (χ1) is 13.2. The molecule has 2 aromatic rings. The molecule has 0 atom stereocenters. The van der Waals surface area contributed by atoms with Crippen molar-refractivity contribution in [1.29, 1.82) is 0 Å². The summed E-state index contributed by atoms with van der Waals surface area (Å²) in [5.74, 6) is 1.47. The van der Waals surface area contributed by atoms with E-state index >= 15 is 0 Å². The molecular weight excluding hydrogens is 346 g/mol. The van der Waals surface area contributed by atoms with Crippen LogP contribution in [0, 0.1) is 0 Å². The third-order valence-electron chi connectivity index (χ3n) is 4.71. The molecule has 0 bridgehead atoms. The topological polar surface area (TPSA) is 82.0 Å². The number of para-hydroxylation sites is 2. The molecule has 1 N–H and O–H groups in total. The lowest BCUT2D eigenvalue weighted by Gasteiger charge is -2.35. The van der Waals surface area contributed by atoms with Crippen LogP contribution in [0.25, 0.3) is 0 Å². The average molecular weight is 371 g/mol. The van der Waals surface area contributed by atoms with Gasteiger partial charge in [0.2, 0.25) is 0 Å². The van der Waals surface area contributed by atoms with Crippen molar-refractivity contribution < 1.29 is 14.6 Å². The molecule has 8 heteroatoms. The van der Waals surface area contributed by atoms with Crippen LogP contribution in [0.1, 0.15) is 6.42 Å². The van der Waals surface area contributed by atoms with Crippen molar-refractivity contribution in [2.75, 3.05) is 56.2 Å².